The molecule has 0 bridgehead atoms. The highest BCUT2D eigenvalue weighted by Crippen LogP contribution is 2.09. The lowest BCUT2D eigenvalue weighted by Gasteiger charge is -2.30. The summed E-state index contributed by atoms with van der Waals surface area (Å²) in [6, 6.07) is 0.234. The van der Waals surface area contributed by atoms with Gasteiger partial charge in [0.05, 0.1) is 6.54 Å². The van der Waals surface area contributed by atoms with Gasteiger partial charge in [0.15, 0.2) is 0 Å². The second-order valence-electron chi connectivity index (χ2n) is 5.66. The minimum absolute atomic E-state index is 0.0794. The van der Waals surface area contributed by atoms with Gasteiger partial charge in [0.2, 0.25) is 5.91 Å². The van der Waals surface area contributed by atoms with Crippen molar-refractivity contribution in [3.8, 4) is 0 Å². The van der Waals surface area contributed by atoms with Crippen molar-refractivity contribution in [3.63, 3.8) is 0 Å². The van der Waals surface area contributed by atoms with Crippen LogP contribution in [0.1, 0.15) is 32.6 Å². The number of carbonyl (C=O) groups is 2. The third-order valence-corrected chi connectivity index (χ3v) is 3.95. The Bertz CT molecular complexity index is 342. The van der Waals surface area contributed by atoms with Gasteiger partial charge < -0.3 is 10.6 Å². The minimum Gasteiger partial charge on any atom is -0.336 e. The second-order valence-corrected chi connectivity index (χ2v) is 5.66. The number of hydrogen-bond acceptors (Lipinski definition) is 4. The van der Waals surface area contributed by atoms with Gasteiger partial charge in [-0.3, -0.25) is 14.6 Å². The van der Waals surface area contributed by atoms with Gasteiger partial charge in [0, 0.05) is 25.7 Å². The van der Waals surface area contributed by atoms with Crippen molar-refractivity contribution in [2.75, 3.05) is 39.3 Å². The maximum atomic E-state index is 12.2. The Morgan fingerprint density at radius 3 is 2.85 bits per heavy atom. The van der Waals surface area contributed by atoms with Crippen LogP contribution in [0.15, 0.2) is 0 Å². The molecule has 0 aromatic rings. The molecule has 0 aliphatic carbocycles. The first-order chi connectivity index (χ1) is 9.70. The number of piperidine rings is 1. The predicted molar refractivity (Wildman–Crippen MR) is 77.5 cm³/mol. The molecule has 2 rings (SSSR count). The number of hydrogen-bond donors (Lipinski definition) is 2. The fourth-order valence-corrected chi connectivity index (χ4v) is 2.93. The van der Waals surface area contributed by atoms with E-state index >= 15 is 0 Å². The van der Waals surface area contributed by atoms with E-state index in [-0.39, 0.29) is 11.9 Å². The second kappa shape index (κ2) is 7.59. The Kier molecular flexibility index (Phi) is 5.79. The molecule has 0 saturated carbocycles. The monoisotopic (exact) mass is 282 g/mol. The summed E-state index contributed by atoms with van der Waals surface area (Å²) >= 11 is 0. The zero-order valence-electron chi connectivity index (χ0n) is 12.4. The molecule has 1 unspecified atom stereocenters. The van der Waals surface area contributed by atoms with E-state index in [4.69, 9.17) is 0 Å². The predicted octanol–water partition coefficient (Wildman–Crippen LogP) is 0.392. The molecule has 2 heterocycles. The standard InChI is InChI=1S/C14H26N4O2/c1-2-8-17(10-12-5-3-4-6-15-12)11-13(19)18-9-7-16-14(18)20/h12,15H,2-11H2,1H3,(H,16,20). The first-order valence-electron chi connectivity index (χ1n) is 7.74. The van der Waals surface area contributed by atoms with Crippen LogP contribution in [0.2, 0.25) is 0 Å². The highest BCUT2D eigenvalue weighted by atomic mass is 16.2. The van der Waals surface area contributed by atoms with Crippen molar-refractivity contribution in [1.29, 1.82) is 0 Å². The lowest BCUT2D eigenvalue weighted by molar-refractivity contribution is -0.128. The third kappa shape index (κ3) is 4.18. The van der Waals surface area contributed by atoms with E-state index in [2.05, 4.69) is 22.5 Å². The zero-order valence-corrected chi connectivity index (χ0v) is 12.4. The summed E-state index contributed by atoms with van der Waals surface area (Å²) in [5.74, 6) is -0.0794. The number of nitrogens with one attached hydrogen (secondary N) is 2. The molecule has 2 aliphatic heterocycles. The lowest BCUT2D eigenvalue weighted by Crippen LogP contribution is -2.48. The number of rotatable bonds is 6. The maximum Gasteiger partial charge on any atom is 0.324 e. The molecule has 3 amide bonds. The number of imide groups is 1. The van der Waals surface area contributed by atoms with Gasteiger partial charge in [-0.15, -0.1) is 0 Å². The Morgan fingerprint density at radius 2 is 2.25 bits per heavy atom. The van der Waals surface area contributed by atoms with E-state index in [1.807, 2.05) is 0 Å². The molecule has 6 nitrogen and oxygen atoms in total. The van der Waals surface area contributed by atoms with Crippen LogP contribution in [0.3, 0.4) is 0 Å². The topological polar surface area (TPSA) is 64.7 Å². The van der Waals surface area contributed by atoms with E-state index < -0.39 is 0 Å². The SMILES string of the molecule is CCCN(CC(=O)N1CCNC1=O)CC1CCCCN1. The summed E-state index contributed by atoms with van der Waals surface area (Å²) in [5, 5.41) is 6.19. The average molecular weight is 282 g/mol. The van der Waals surface area contributed by atoms with Crippen LogP contribution >= 0.6 is 0 Å². The molecule has 114 valence electrons. The quantitative estimate of drug-likeness (QED) is 0.740. The van der Waals surface area contributed by atoms with Gasteiger partial charge >= 0.3 is 6.03 Å². The van der Waals surface area contributed by atoms with Crippen LogP contribution in [0, 0.1) is 0 Å². The molecule has 0 aromatic heterocycles. The largest absolute Gasteiger partial charge is 0.336 e. The van der Waals surface area contributed by atoms with Crippen LogP contribution in [-0.2, 0) is 4.79 Å². The summed E-state index contributed by atoms with van der Waals surface area (Å²) in [6.45, 7) is 6.41. The highest BCUT2D eigenvalue weighted by molar-refractivity contribution is 5.96. The van der Waals surface area contributed by atoms with Crippen molar-refractivity contribution >= 4 is 11.9 Å². The van der Waals surface area contributed by atoms with Crippen molar-refractivity contribution < 1.29 is 9.59 Å². The summed E-state index contributed by atoms with van der Waals surface area (Å²) in [7, 11) is 0. The van der Waals surface area contributed by atoms with E-state index in [0.717, 1.165) is 26.1 Å². The zero-order chi connectivity index (χ0) is 14.4. The van der Waals surface area contributed by atoms with Gasteiger partial charge in [-0.25, -0.2) is 4.79 Å². The molecule has 6 heteroatoms. The van der Waals surface area contributed by atoms with Gasteiger partial charge in [0.1, 0.15) is 0 Å². The van der Waals surface area contributed by atoms with Crippen LogP contribution in [0.5, 0.6) is 0 Å². The van der Waals surface area contributed by atoms with Crippen molar-refractivity contribution in [2.24, 2.45) is 0 Å². The first-order valence-corrected chi connectivity index (χ1v) is 7.74. The Labute approximate surface area is 120 Å². The van der Waals surface area contributed by atoms with Crippen molar-refractivity contribution in [2.45, 2.75) is 38.6 Å². The normalized spacial score (nSPS) is 23.2. The molecule has 2 saturated heterocycles. The molecule has 20 heavy (non-hydrogen) atoms. The van der Waals surface area contributed by atoms with Gasteiger partial charge in [-0.05, 0) is 32.4 Å². The number of urea groups is 1. The van der Waals surface area contributed by atoms with E-state index in [0.29, 0.717) is 25.7 Å². The van der Waals surface area contributed by atoms with Crippen LogP contribution in [0.25, 0.3) is 0 Å². The molecular weight excluding hydrogens is 256 g/mol. The Morgan fingerprint density at radius 1 is 1.40 bits per heavy atom. The third-order valence-electron chi connectivity index (χ3n) is 3.95. The average Bonchev–Trinajstić information content (AvgIpc) is 2.86. The molecule has 0 spiro atoms. The van der Waals surface area contributed by atoms with E-state index in [9.17, 15) is 9.59 Å². The smallest absolute Gasteiger partial charge is 0.324 e. The lowest BCUT2D eigenvalue weighted by atomic mass is 10.0. The van der Waals surface area contributed by atoms with Crippen molar-refractivity contribution in [3.05, 3.63) is 0 Å². The summed E-state index contributed by atoms with van der Waals surface area (Å²) < 4.78 is 0. The fourth-order valence-electron chi connectivity index (χ4n) is 2.93. The van der Waals surface area contributed by atoms with E-state index in [1.54, 1.807) is 0 Å². The summed E-state index contributed by atoms with van der Waals surface area (Å²) in [4.78, 5) is 27.2. The molecule has 1 atom stereocenters. The van der Waals surface area contributed by atoms with Crippen LogP contribution < -0.4 is 10.6 Å². The summed E-state index contributed by atoms with van der Waals surface area (Å²) in [6.07, 6.45) is 4.71. The van der Waals surface area contributed by atoms with Crippen molar-refractivity contribution in [1.82, 2.24) is 20.4 Å². The first kappa shape index (κ1) is 15.3. The molecule has 0 radical (unpaired) electrons. The molecular formula is C14H26N4O2. The van der Waals surface area contributed by atoms with Crippen LogP contribution in [0.4, 0.5) is 4.79 Å². The van der Waals surface area contributed by atoms with Gasteiger partial charge in [-0.1, -0.05) is 13.3 Å². The number of amides is 3. The van der Waals surface area contributed by atoms with Gasteiger partial charge in [0.25, 0.3) is 0 Å². The van der Waals surface area contributed by atoms with Crippen LogP contribution in [-0.4, -0.2) is 67.0 Å². The Balaban J connectivity index is 1.84. The molecule has 2 N–H and O–H groups in total. The highest BCUT2D eigenvalue weighted by Gasteiger charge is 2.27. The number of nitrogens with zero attached hydrogens (tertiary/aromatic N) is 2. The fraction of sp³-hybridized carbons (Fsp3) is 0.857. The minimum atomic E-state index is -0.248. The van der Waals surface area contributed by atoms with Gasteiger partial charge in [-0.2, -0.15) is 0 Å². The molecule has 2 aliphatic rings. The molecule has 0 aromatic carbocycles. The maximum absolute atomic E-state index is 12.2. The molecule has 2 fully saturated rings. The summed E-state index contributed by atoms with van der Waals surface area (Å²) in [5.41, 5.74) is 0. The Hall–Kier alpha value is -1.14. The number of carbonyl (C=O) groups excluding carboxylic acids is 2. The van der Waals surface area contributed by atoms with E-state index in [1.165, 1.54) is 24.2 Å².